The van der Waals surface area contributed by atoms with Crippen LogP contribution >= 0.6 is 0 Å². The number of amides is 1. The molecule has 1 aromatic heterocycles. The summed E-state index contributed by atoms with van der Waals surface area (Å²) in [6, 6.07) is 1.32. The highest BCUT2D eigenvalue weighted by Gasteiger charge is 2.53. The number of aromatic nitrogens is 1. The fourth-order valence-electron chi connectivity index (χ4n) is 1.89. The summed E-state index contributed by atoms with van der Waals surface area (Å²) in [5, 5.41) is 2.38. The number of rotatable bonds is 2. The third-order valence-corrected chi connectivity index (χ3v) is 3.86. The van der Waals surface area contributed by atoms with Gasteiger partial charge in [0, 0.05) is 13.2 Å². The molecule has 1 aliphatic rings. The van der Waals surface area contributed by atoms with Crippen LogP contribution in [0.4, 0.5) is 4.39 Å². The van der Waals surface area contributed by atoms with E-state index in [0.717, 1.165) is 0 Å². The normalized spacial score (nSPS) is 20.0. The van der Waals surface area contributed by atoms with Crippen LogP contribution in [0.15, 0.2) is 12.3 Å². The van der Waals surface area contributed by atoms with Crippen LogP contribution in [0.2, 0.25) is 0 Å². The van der Waals surface area contributed by atoms with Gasteiger partial charge in [-0.3, -0.25) is 9.78 Å². The first-order chi connectivity index (χ1) is 9.19. The quantitative estimate of drug-likeness (QED) is 0.817. The van der Waals surface area contributed by atoms with Crippen LogP contribution in [-0.2, 0) is 9.31 Å². The first kappa shape index (κ1) is 14.9. The molecular formula is C13H18BFN2O3. The Morgan fingerprint density at radius 2 is 1.85 bits per heavy atom. The van der Waals surface area contributed by atoms with E-state index < -0.39 is 30.0 Å². The standard InChI is InChI=1S/C13H18BFN2O3/c1-12(2)13(3,4)20-14(19-12)10-9(15)8(6-7-17-10)11(18)16-5/h6-7H,1-5H3,(H,16,18). The summed E-state index contributed by atoms with van der Waals surface area (Å²) in [5.74, 6) is -1.23. The van der Waals surface area contributed by atoms with Crippen molar-refractivity contribution in [1.29, 1.82) is 0 Å². The monoisotopic (exact) mass is 280 g/mol. The fourth-order valence-corrected chi connectivity index (χ4v) is 1.89. The average molecular weight is 280 g/mol. The summed E-state index contributed by atoms with van der Waals surface area (Å²) in [6.07, 6.45) is 1.37. The zero-order valence-electron chi connectivity index (χ0n) is 12.3. The Balaban J connectivity index is 2.39. The second-order valence-corrected chi connectivity index (χ2v) is 5.73. The van der Waals surface area contributed by atoms with Gasteiger partial charge in [0.15, 0.2) is 5.82 Å². The van der Waals surface area contributed by atoms with E-state index in [1.54, 1.807) is 0 Å². The van der Waals surface area contributed by atoms with E-state index in [9.17, 15) is 9.18 Å². The molecule has 0 aromatic carbocycles. The molecule has 5 nitrogen and oxygen atoms in total. The van der Waals surface area contributed by atoms with Gasteiger partial charge in [0.1, 0.15) is 5.59 Å². The fraction of sp³-hybridized carbons (Fsp3) is 0.538. The van der Waals surface area contributed by atoms with Crippen LogP contribution in [0.5, 0.6) is 0 Å². The van der Waals surface area contributed by atoms with E-state index in [1.165, 1.54) is 19.3 Å². The van der Waals surface area contributed by atoms with Crippen molar-refractivity contribution >= 4 is 18.6 Å². The molecule has 1 fully saturated rings. The molecule has 0 atom stereocenters. The molecule has 0 aliphatic carbocycles. The highest BCUT2D eigenvalue weighted by molar-refractivity contribution is 6.61. The Hall–Kier alpha value is -1.47. The Morgan fingerprint density at radius 1 is 1.30 bits per heavy atom. The lowest BCUT2D eigenvalue weighted by Gasteiger charge is -2.32. The molecule has 0 saturated carbocycles. The smallest absolute Gasteiger partial charge is 0.398 e. The summed E-state index contributed by atoms with van der Waals surface area (Å²) < 4.78 is 25.9. The Morgan fingerprint density at radius 3 is 2.35 bits per heavy atom. The third kappa shape index (κ3) is 2.31. The van der Waals surface area contributed by atoms with Crippen molar-refractivity contribution in [1.82, 2.24) is 10.3 Å². The number of nitrogens with one attached hydrogen (secondary N) is 1. The predicted molar refractivity (Wildman–Crippen MR) is 73.3 cm³/mol. The maximum Gasteiger partial charge on any atom is 0.517 e. The van der Waals surface area contributed by atoms with Gasteiger partial charge in [-0.2, -0.15) is 0 Å². The SMILES string of the molecule is CNC(=O)c1ccnc(B2OC(C)(C)C(C)(C)O2)c1F. The number of nitrogens with zero attached hydrogens (tertiary/aromatic N) is 1. The van der Waals surface area contributed by atoms with Crippen molar-refractivity contribution in [2.45, 2.75) is 38.9 Å². The van der Waals surface area contributed by atoms with Crippen LogP contribution in [0.3, 0.4) is 0 Å². The van der Waals surface area contributed by atoms with Crippen LogP contribution in [-0.4, -0.2) is 36.3 Å². The zero-order valence-corrected chi connectivity index (χ0v) is 12.3. The average Bonchev–Trinajstić information content (AvgIpc) is 2.57. The summed E-state index contributed by atoms with van der Waals surface area (Å²) in [6.45, 7) is 7.47. The number of hydrogen-bond acceptors (Lipinski definition) is 4. The molecule has 2 heterocycles. The van der Waals surface area contributed by atoms with Crippen LogP contribution in [0.1, 0.15) is 38.1 Å². The number of carbonyl (C=O) groups excluding carboxylic acids is 1. The van der Waals surface area contributed by atoms with Crippen molar-refractivity contribution in [3.8, 4) is 0 Å². The summed E-state index contributed by atoms with van der Waals surface area (Å²) >= 11 is 0. The lowest BCUT2D eigenvalue weighted by molar-refractivity contribution is 0.00578. The molecule has 0 bridgehead atoms. The largest absolute Gasteiger partial charge is 0.517 e. The highest BCUT2D eigenvalue weighted by Crippen LogP contribution is 2.36. The molecule has 20 heavy (non-hydrogen) atoms. The molecule has 1 saturated heterocycles. The molecule has 108 valence electrons. The first-order valence-corrected chi connectivity index (χ1v) is 6.42. The molecular weight excluding hydrogens is 262 g/mol. The maximum absolute atomic E-state index is 14.4. The molecule has 1 amide bonds. The lowest BCUT2D eigenvalue weighted by atomic mass is 9.83. The van der Waals surface area contributed by atoms with Crippen molar-refractivity contribution in [2.75, 3.05) is 7.05 Å². The van der Waals surface area contributed by atoms with Crippen molar-refractivity contribution < 1.29 is 18.5 Å². The predicted octanol–water partition coefficient (Wildman–Crippen LogP) is 0.879. The van der Waals surface area contributed by atoms with Gasteiger partial charge in [-0.1, -0.05) is 0 Å². The Bertz CT molecular complexity index is 532. The molecule has 1 N–H and O–H groups in total. The van der Waals surface area contributed by atoms with E-state index in [4.69, 9.17) is 9.31 Å². The third-order valence-electron chi connectivity index (χ3n) is 3.86. The van der Waals surface area contributed by atoms with Crippen LogP contribution in [0.25, 0.3) is 0 Å². The Labute approximate surface area is 118 Å². The van der Waals surface area contributed by atoms with Crippen molar-refractivity contribution in [3.05, 3.63) is 23.6 Å². The lowest BCUT2D eigenvalue weighted by Crippen LogP contribution is -2.41. The van der Waals surface area contributed by atoms with Crippen LogP contribution < -0.4 is 10.9 Å². The summed E-state index contributed by atoms with van der Waals surface area (Å²) in [5.41, 5.74) is -1.26. The number of pyridine rings is 1. The van der Waals surface area contributed by atoms with E-state index >= 15 is 0 Å². The van der Waals surface area contributed by atoms with Gasteiger partial charge in [-0.05, 0) is 33.8 Å². The number of carbonyl (C=O) groups is 1. The number of halogens is 1. The highest BCUT2D eigenvalue weighted by atomic mass is 19.1. The maximum atomic E-state index is 14.4. The summed E-state index contributed by atoms with van der Waals surface area (Å²) in [4.78, 5) is 15.6. The van der Waals surface area contributed by atoms with Gasteiger partial charge in [0.25, 0.3) is 5.91 Å². The van der Waals surface area contributed by atoms with Crippen molar-refractivity contribution in [3.63, 3.8) is 0 Å². The topological polar surface area (TPSA) is 60.5 Å². The van der Waals surface area contributed by atoms with E-state index in [-0.39, 0.29) is 11.2 Å². The second kappa shape index (κ2) is 4.82. The Kier molecular flexibility index (Phi) is 3.60. The first-order valence-electron chi connectivity index (χ1n) is 6.42. The van der Waals surface area contributed by atoms with Gasteiger partial charge < -0.3 is 14.6 Å². The van der Waals surface area contributed by atoms with Gasteiger partial charge >= 0.3 is 7.12 Å². The van der Waals surface area contributed by atoms with Gasteiger partial charge in [-0.25, -0.2) is 4.39 Å². The molecule has 0 radical (unpaired) electrons. The van der Waals surface area contributed by atoms with E-state index in [2.05, 4.69) is 10.3 Å². The van der Waals surface area contributed by atoms with Gasteiger partial charge in [-0.15, -0.1) is 0 Å². The van der Waals surface area contributed by atoms with Crippen LogP contribution in [0, 0.1) is 5.82 Å². The summed E-state index contributed by atoms with van der Waals surface area (Å²) in [7, 11) is 0.515. The minimum absolute atomic E-state index is 0.00949. The molecule has 1 aliphatic heterocycles. The van der Waals surface area contributed by atoms with Gasteiger partial charge in [0.05, 0.1) is 16.8 Å². The molecule has 2 rings (SSSR count). The minimum atomic E-state index is -0.926. The molecule has 0 unspecified atom stereocenters. The van der Waals surface area contributed by atoms with E-state index in [0.29, 0.717) is 0 Å². The van der Waals surface area contributed by atoms with Gasteiger partial charge in [0.2, 0.25) is 0 Å². The molecule has 7 heteroatoms. The second-order valence-electron chi connectivity index (χ2n) is 5.73. The molecule has 1 aromatic rings. The van der Waals surface area contributed by atoms with E-state index in [1.807, 2.05) is 27.7 Å². The zero-order chi connectivity index (χ0) is 15.1. The van der Waals surface area contributed by atoms with Crippen molar-refractivity contribution in [2.24, 2.45) is 0 Å². The minimum Gasteiger partial charge on any atom is -0.398 e. The number of hydrogen-bond donors (Lipinski definition) is 1. The molecule has 0 spiro atoms.